The van der Waals surface area contributed by atoms with Crippen molar-refractivity contribution in [2.45, 2.75) is 45.6 Å². The Balaban J connectivity index is 1.58. The van der Waals surface area contributed by atoms with E-state index in [1.54, 1.807) is 0 Å². The molecule has 2 heterocycles. The lowest BCUT2D eigenvalue weighted by Crippen LogP contribution is -2.28. The Bertz CT molecular complexity index is 671. The molecule has 23 heavy (non-hydrogen) atoms. The maximum atomic E-state index is 12.2. The monoisotopic (exact) mass is 314 g/mol. The van der Waals surface area contributed by atoms with Gasteiger partial charge in [-0.25, -0.2) is 0 Å². The fourth-order valence-electron chi connectivity index (χ4n) is 3.12. The molecule has 0 spiro atoms. The maximum Gasteiger partial charge on any atom is 0.224 e. The number of nitrogens with zero attached hydrogens (tertiary/aromatic N) is 2. The minimum absolute atomic E-state index is 0.110. The Morgan fingerprint density at radius 3 is 2.91 bits per heavy atom. The van der Waals surface area contributed by atoms with E-state index in [1.807, 2.05) is 29.1 Å². The van der Waals surface area contributed by atoms with Crippen molar-refractivity contribution in [1.29, 1.82) is 0 Å². The SMILES string of the molecule is CC(C)n1cc2cc(NC(=O)CCC3CCNCC3)ccc2n1. The maximum absolute atomic E-state index is 12.2. The Kier molecular flexibility index (Phi) is 4.96. The van der Waals surface area contributed by atoms with Crippen molar-refractivity contribution in [1.82, 2.24) is 15.1 Å². The highest BCUT2D eigenvalue weighted by molar-refractivity contribution is 5.93. The number of benzene rings is 1. The molecular weight excluding hydrogens is 288 g/mol. The first-order valence-electron chi connectivity index (χ1n) is 8.61. The summed E-state index contributed by atoms with van der Waals surface area (Å²) in [6, 6.07) is 6.24. The third-order valence-corrected chi connectivity index (χ3v) is 4.57. The van der Waals surface area contributed by atoms with Crippen LogP contribution in [-0.4, -0.2) is 28.8 Å². The van der Waals surface area contributed by atoms with Crippen LogP contribution in [0.5, 0.6) is 0 Å². The van der Waals surface area contributed by atoms with E-state index in [2.05, 4.69) is 29.6 Å². The number of anilines is 1. The molecule has 2 aromatic rings. The van der Waals surface area contributed by atoms with Gasteiger partial charge in [0.1, 0.15) is 0 Å². The van der Waals surface area contributed by atoms with Crippen LogP contribution in [0.2, 0.25) is 0 Å². The molecule has 5 heteroatoms. The fourth-order valence-corrected chi connectivity index (χ4v) is 3.12. The molecule has 2 N–H and O–H groups in total. The smallest absolute Gasteiger partial charge is 0.224 e. The number of piperidine rings is 1. The Morgan fingerprint density at radius 1 is 1.39 bits per heavy atom. The summed E-state index contributed by atoms with van der Waals surface area (Å²) in [6.45, 7) is 6.39. The summed E-state index contributed by atoms with van der Waals surface area (Å²) in [6.07, 6.45) is 6.00. The summed E-state index contributed by atoms with van der Waals surface area (Å²) in [7, 11) is 0. The molecule has 1 fully saturated rings. The number of amides is 1. The molecule has 1 aliphatic rings. The summed E-state index contributed by atoms with van der Waals surface area (Å²) < 4.78 is 1.95. The lowest BCUT2D eigenvalue weighted by atomic mass is 9.93. The van der Waals surface area contributed by atoms with Crippen LogP contribution in [0.1, 0.15) is 45.6 Å². The number of carbonyl (C=O) groups is 1. The summed E-state index contributed by atoms with van der Waals surface area (Å²) in [5.74, 6) is 0.799. The fraction of sp³-hybridized carbons (Fsp3) is 0.556. The zero-order chi connectivity index (χ0) is 16.2. The number of rotatable bonds is 5. The topological polar surface area (TPSA) is 59.0 Å². The Morgan fingerprint density at radius 2 is 2.17 bits per heavy atom. The number of hydrogen-bond acceptors (Lipinski definition) is 3. The number of nitrogens with one attached hydrogen (secondary N) is 2. The first-order valence-corrected chi connectivity index (χ1v) is 8.61. The molecule has 3 rings (SSSR count). The van der Waals surface area contributed by atoms with E-state index in [1.165, 1.54) is 12.8 Å². The van der Waals surface area contributed by atoms with Gasteiger partial charge in [-0.15, -0.1) is 0 Å². The highest BCUT2D eigenvalue weighted by Crippen LogP contribution is 2.21. The molecule has 0 radical (unpaired) electrons. The van der Waals surface area contributed by atoms with Crippen molar-refractivity contribution in [3.8, 4) is 0 Å². The van der Waals surface area contributed by atoms with Crippen LogP contribution >= 0.6 is 0 Å². The summed E-state index contributed by atoms with van der Waals surface area (Å²) >= 11 is 0. The summed E-state index contributed by atoms with van der Waals surface area (Å²) in [4.78, 5) is 12.2. The quantitative estimate of drug-likeness (QED) is 0.890. The van der Waals surface area contributed by atoms with Gasteiger partial charge < -0.3 is 10.6 Å². The van der Waals surface area contributed by atoms with Crippen LogP contribution in [0.3, 0.4) is 0 Å². The standard InChI is InChI=1S/C18H26N4O/c1-13(2)22-12-15-11-16(4-5-17(15)21-22)20-18(23)6-3-14-7-9-19-10-8-14/h4-5,11-14,19H,3,6-10H2,1-2H3,(H,20,23). The molecule has 0 aliphatic carbocycles. The summed E-state index contributed by atoms with van der Waals surface area (Å²) in [5.41, 5.74) is 1.82. The molecule has 1 saturated heterocycles. The van der Waals surface area contributed by atoms with E-state index in [9.17, 15) is 4.79 Å². The van der Waals surface area contributed by atoms with Gasteiger partial charge in [0.15, 0.2) is 0 Å². The minimum atomic E-state index is 0.110. The zero-order valence-corrected chi connectivity index (χ0v) is 14.0. The molecule has 0 atom stereocenters. The van der Waals surface area contributed by atoms with Crippen molar-refractivity contribution < 1.29 is 4.79 Å². The largest absolute Gasteiger partial charge is 0.326 e. The average Bonchev–Trinajstić information content (AvgIpc) is 2.97. The van der Waals surface area contributed by atoms with Gasteiger partial charge in [-0.2, -0.15) is 5.10 Å². The van der Waals surface area contributed by atoms with Crippen molar-refractivity contribution in [2.75, 3.05) is 18.4 Å². The van der Waals surface area contributed by atoms with Gasteiger partial charge in [0, 0.05) is 29.7 Å². The molecule has 0 saturated carbocycles. The average molecular weight is 314 g/mol. The number of hydrogen-bond donors (Lipinski definition) is 2. The number of fused-ring (bicyclic) bond motifs is 1. The molecule has 0 bridgehead atoms. The van der Waals surface area contributed by atoms with Crippen LogP contribution in [0, 0.1) is 5.92 Å². The van der Waals surface area contributed by atoms with Gasteiger partial charge in [0.25, 0.3) is 0 Å². The molecule has 5 nitrogen and oxygen atoms in total. The molecule has 1 amide bonds. The predicted octanol–water partition coefficient (Wildman–Crippen LogP) is 3.34. The van der Waals surface area contributed by atoms with Crippen LogP contribution in [-0.2, 0) is 4.79 Å². The van der Waals surface area contributed by atoms with Crippen molar-refractivity contribution in [3.63, 3.8) is 0 Å². The summed E-state index contributed by atoms with van der Waals surface area (Å²) in [5, 5.41) is 12.0. The molecule has 0 unspecified atom stereocenters. The minimum Gasteiger partial charge on any atom is -0.326 e. The lowest BCUT2D eigenvalue weighted by molar-refractivity contribution is -0.116. The van der Waals surface area contributed by atoms with Crippen molar-refractivity contribution in [2.24, 2.45) is 5.92 Å². The van der Waals surface area contributed by atoms with Gasteiger partial charge in [-0.05, 0) is 70.3 Å². The zero-order valence-electron chi connectivity index (χ0n) is 14.0. The second kappa shape index (κ2) is 7.13. The highest BCUT2D eigenvalue weighted by atomic mass is 16.1. The van der Waals surface area contributed by atoms with Gasteiger partial charge in [0.05, 0.1) is 5.52 Å². The van der Waals surface area contributed by atoms with Crippen molar-refractivity contribution >= 4 is 22.5 Å². The van der Waals surface area contributed by atoms with E-state index in [-0.39, 0.29) is 5.91 Å². The van der Waals surface area contributed by atoms with Gasteiger partial charge in [0.2, 0.25) is 5.91 Å². The van der Waals surface area contributed by atoms with Crippen LogP contribution < -0.4 is 10.6 Å². The van der Waals surface area contributed by atoms with Crippen LogP contribution in [0.25, 0.3) is 10.9 Å². The van der Waals surface area contributed by atoms with Gasteiger partial charge >= 0.3 is 0 Å². The first kappa shape index (κ1) is 16.0. The van der Waals surface area contributed by atoms with Gasteiger partial charge in [-0.3, -0.25) is 9.48 Å². The van der Waals surface area contributed by atoms with Crippen molar-refractivity contribution in [3.05, 3.63) is 24.4 Å². The predicted molar refractivity (Wildman–Crippen MR) is 93.6 cm³/mol. The van der Waals surface area contributed by atoms with E-state index in [0.717, 1.165) is 36.1 Å². The third kappa shape index (κ3) is 4.10. The molecular formula is C18H26N4O. The van der Waals surface area contributed by atoms with Crippen LogP contribution in [0.15, 0.2) is 24.4 Å². The molecule has 124 valence electrons. The second-order valence-corrected chi connectivity index (χ2v) is 6.76. The van der Waals surface area contributed by atoms with Crippen LogP contribution in [0.4, 0.5) is 5.69 Å². The van der Waals surface area contributed by atoms with E-state index in [4.69, 9.17) is 0 Å². The molecule has 1 aromatic heterocycles. The Labute approximate surface area is 137 Å². The van der Waals surface area contributed by atoms with E-state index >= 15 is 0 Å². The number of carbonyl (C=O) groups excluding carboxylic acids is 1. The third-order valence-electron chi connectivity index (χ3n) is 4.57. The first-order chi connectivity index (χ1) is 11.1. The second-order valence-electron chi connectivity index (χ2n) is 6.76. The highest BCUT2D eigenvalue weighted by Gasteiger charge is 2.14. The van der Waals surface area contributed by atoms with Gasteiger partial charge in [-0.1, -0.05) is 0 Å². The normalized spacial score (nSPS) is 16.1. The number of aromatic nitrogens is 2. The molecule has 1 aliphatic heterocycles. The Hall–Kier alpha value is -1.88. The molecule has 1 aromatic carbocycles. The van der Waals surface area contributed by atoms with E-state index in [0.29, 0.717) is 18.4 Å². The van der Waals surface area contributed by atoms with E-state index < -0.39 is 0 Å². The lowest BCUT2D eigenvalue weighted by Gasteiger charge is -2.22.